The van der Waals surface area contributed by atoms with Gasteiger partial charge in [-0.3, -0.25) is 0 Å². The van der Waals surface area contributed by atoms with Crippen LogP contribution in [0.15, 0.2) is 34.8 Å². The van der Waals surface area contributed by atoms with Crippen LogP contribution in [-0.4, -0.2) is 0 Å². The van der Waals surface area contributed by atoms with Crippen molar-refractivity contribution in [1.29, 1.82) is 0 Å². The minimum absolute atomic E-state index is 0.00565. The van der Waals surface area contributed by atoms with E-state index < -0.39 is 11.6 Å². The standard InChI is InChI=1S/C14H11BrClF2N/c1-8-5-10(15)14(6-11(8)16)19-7-9-12(17)3-2-4-13(9)18/h2-6,19H,7H2,1H3. The molecule has 0 aromatic heterocycles. The van der Waals surface area contributed by atoms with E-state index >= 15 is 0 Å². The lowest BCUT2D eigenvalue weighted by molar-refractivity contribution is 0.560. The van der Waals surface area contributed by atoms with Crippen LogP contribution in [0.4, 0.5) is 14.5 Å². The van der Waals surface area contributed by atoms with Crippen molar-refractivity contribution in [2.24, 2.45) is 0 Å². The molecule has 2 rings (SSSR count). The second kappa shape index (κ2) is 5.88. The number of hydrogen-bond donors (Lipinski definition) is 1. The van der Waals surface area contributed by atoms with Crippen LogP contribution in [-0.2, 0) is 6.54 Å². The first-order valence-electron chi connectivity index (χ1n) is 5.61. The fraction of sp³-hybridized carbons (Fsp3) is 0.143. The molecule has 0 bridgehead atoms. The Hall–Kier alpha value is -1.13. The van der Waals surface area contributed by atoms with E-state index in [-0.39, 0.29) is 12.1 Å². The van der Waals surface area contributed by atoms with Crippen LogP contribution < -0.4 is 5.32 Å². The van der Waals surface area contributed by atoms with Crippen molar-refractivity contribution in [2.75, 3.05) is 5.32 Å². The van der Waals surface area contributed by atoms with Gasteiger partial charge in [-0.2, -0.15) is 0 Å². The number of benzene rings is 2. The molecule has 0 aliphatic carbocycles. The fourth-order valence-corrected chi connectivity index (χ4v) is 2.43. The Bertz CT molecular complexity index is 596. The predicted octanol–water partition coefficient (Wildman–Crippen LogP) is 5.30. The summed E-state index contributed by atoms with van der Waals surface area (Å²) in [4.78, 5) is 0. The summed E-state index contributed by atoms with van der Waals surface area (Å²) < 4.78 is 27.8. The first-order valence-corrected chi connectivity index (χ1v) is 6.78. The molecule has 100 valence electrons. The third-order valence-corrected chi connectivity index (χ3v) is 3.83. The van der Waals surface area contributed by atoms with Gasteiger partial charge in [-0.15, -0.1) is 0 Å². The van der Waals surface area contributed by atoms with Crippen LogP contribution in [0.25, 0.3) is 0 Å². The Morgan fingerprint density at radius 1 is 1.21 bits per heavy atom. The molecule has 0 saturated carbocycles. The zero-order valence-corrected chi connectivity index (χ0v) is 12.4. The maximum absolute atomic E-state index is 13.5. The molecule has 2 aromatic rings. The largest absolute Gasteiger partial charge is 0.380 e. The second-order valence-corrected chi connectivity index (χ2v) is 5.40. The van der Waals surface area contributed by atoms with Gasteiger partial charge in [0.2, 0.25) is 0 Å². The van der Waals surface area contributed by atoms with E-state index in [2.05, 4.69) is 21.2 Å². The van der Waals surface area contributed by atoms with Crippen molar-refractivity contribution >= 4 is 33.2 Å². The smallest absolute Gasteiger partial charge is 0.131 e. The van der Waals surface area contributed by atoms with Gasteiger partial charge < -0.3 is 5.32 Å². The van der Waals surface area contributed by atoms with Crippen molar-refractivity contribution in [2.45, 2.75) is 13.5 Å². The summed E-state index contributed by atoms with van der Waals surface area (Å²) in [6.07, 6.45) is 0. The second-order valence-electron chi connectivity index (χ2n) is 4.14. The van der Waals surface area contributed by atoms with Crippen molar-refractivity contribution in [3.63, 3.8) is 0 Å². The molecule has 0 spiro atoms. The van der Waals surface area contributed by atoms with Gasteiger partial charge in [0.05, 0.1) is 5.69 Å². The lowest BCUT2D eigenvalue weighted by Gasteiger charge is -2.11. The lowest BCUT2D eigenvalue weighted by atomic mass is 10.2. The van der Waals surface area contributed by atoms with Gasteiger partial charge in [-0.25, -0.2) is 8.78 Å². The van der Waals surface area contributed by atoms with E-state index in [1.54, 1.807) is 6.07 Å². The first kappa shape index (κ1) is 14.3. The van der Waals surface area contributed by atoms with Gasteiger partial charge in [-0.05, 0) is 52.7 Å². The molecule has 1 N–H and O–H groups in total. The highest BCUT2D eigenvalue weighted by Gasteiger charge is 2.09. The minimum Gasteiger partial charge on any atom is -0.380 e. The highest BCUT2D eigenvalue weighted by Crippen LogP contribution is 2.29. The Morgan fingerprint density at radius 3 is 2.47 bits per heavy atom. The summed E-state index contributed by atoms with van der Waals surface area (Å²) in [5, 5.41) is 3.56. The maximum Gasteiger partial charge on any atom is 0.131 e. The normalized spacial score (nSPS) is 10.6. The van der Waals surface area contributed by atoms with E-state index in [0.29, 0.717) is 10.7 Å². The summed E-state index contributed by atoms with van der Waals surface area (Å²) >= 11 is 9.40. The third kappa shape index (κ3) is 3.25. The zero-order chi connectivity index (χ0) is 14.0. The minimum atomic E-state index is -0.568. The van der Waals surface area contributed by atoms with E-state index in [0.717, 1.165) is 10.0 Å². The van der Waals surface area contributed by atoms with Gasteiger partial charge in [0.1, 0.15) is 11.6 Å². The Balaban J connectivity index is 2.22. The average molecular weight is 347 g/mol. The van der Waals surface area contributed by atoms with E-state index in [4.69, 9.17) is 11.6 Å². The highest BCUT2D eigenvalue weighted by atomic mass is 79.9. The molecule has 0 aliphatic rings. The van der Waals surface area contributed by atoms with Gasteiger partial charge in [0.25, 0.3) is 0 Å². The van der Waals surface area contributed by atoms with Crippen molar-refractivity contribution in [1.82, 2.24) is 0 Å². The topological polar surface area (TPSA) is 12.0 Å². The number of halogens is 4. The van der Waals surface area contributed by atoms with Gasteiger partial charge in [-0.1, -0.05) is 17.7 Å². The van der Waals surface area contributed by atoms with Gasteiger partial charge >= 0.3 is 0 Å². The molecule has 0 saturated heterocycles. The van der Waals surface area contributed by atoms with Crippen LogP contribution in [0.1, 0.15) is 11.1 Å². The molecular weight excluding hydrogens is 336 g/mol. The molecule has 1 nitrogen and oxygen atoms in total. The molecule has 0 radical (unpaired) electrons. The SMILES string of the molecule is Cc1cc(Br)c(NCc2c(F)cccc2F)cc1Cl. The number of anilines is 1. The molecule has 2 aromatic carbocycles. The molecule has 0 amide bonds. The Kier molecular flexibility index (Phi) is 4.42. The summed E-state index contributed by atoms with van der Waals surface area (Å²) in [7, 11) is 0. The van der Waals surface area contributed by atoms with Crippen LogP contribution in [0.3, 0.4) is 0 Å². The number of rotatable bonds is 3. The first-order chi connectivity index (χ1) is 8.99. The number of hydrogen-bond acceptors (Lipinski definition) is 1. The summed E-state index contributed by atoms with van der Waals surface area (Å²) in [6.45, 7) is 1.93. The van der Waals surface area contributed by atoms with Crippen molar-refractivity contribution in [3.8, 4) is 0 Å². The molecule has 0 atom stereocenters. The van der Waals surface area contributed by atoms with E-state index in [9.17, 15) is 8.78 Å². The average Bonchev–Trinajstić information content (AvgIpc) is 2.34. The molecule has 0 unspecified atom stereocenters. The van der Waals surface area contributed by atoms with Crippen molar-refractivity contribution < 1.29 is 8.78 Å². The van der Waals surface area contributed by atoms with Gasteiger partial charge in [0.15, 0.2) is 0 Å². The highest BCUT2D eigenvalue weighted by molar-refractivity contribution is 9.10. The molecule has 19 heavy (non-hydrogen) atoms. The van der Waals surface area contributed by atoms with Crippen LogP contribution in [0.5, 0.6) is 0 Å². The monoisotopic (exact) mass is 345 g/mol. The number of aryl methyl sites for hydroxylation is 1. The lowest BCUT2D eigenvalue weighted by Crippen LogP contribution is -2.05. The van der Waals surface area contributed by atoms with E-state index in [1.807, 2.05) is 13.0 Å². The summed E-state index contributed by atoms with van der Waals surface area (Å²) in [6, 6.07) is 7.38. The summed E-state index contributed by atoms with van der Waals surface area (Å²) in [5.74, 6) is -1.14. The van der Waals surface area contributed by atoms with Crippen molar-refractivity contribution in [3.05, 3.63) is 62.6 Å². The maximum atomic E-state index is 13.5. The molecule has 0 heterocycles. The molecule has 0 fully saturated rings. The molecular formula is C14H11BrClF2N. The predicted molar refractivity (Wildman–Crippen MR) is 77.6 cm³/mol. The van der Waals surface area contributed by atoms with Crippen LogP contribution >= 0.6 is 27.5 Å². The number of nitrogens with one attached hydrogen (secondary N) is 1. The zero-order valence-electron chi connectivity index (χ0n) is 10.1. The van der Waals surface area contributed by atoms with Gasteiger partial charge in [0, 0.05) is 21.6 Å². The fourth-order valence-electron chi connectivity index (χ4n) is 1.67. The molecule has 5 heteroatoms. The Morgan fingerprint density at radius 2 is 1.84 bits per heavy atom. The third-order valence-electron chi connectivity index (χ3n) is 2.77. The quantitative estimate of drug-likeness (QED) is 0.795. The summed E-state index contributed by atoms with van der Waals surface area (Å²) in [5.41, 5.74) is 1.63. The molecule has 0 aliphatic heterocycles. The van der Waals surface area contributed by atoms with Crippen LogP contribution in [0.2, 0.25) is 5.02 Å². The van der Waals surface area contributed by atoms with E-state index in [1.165, 1.54) is 18.2 Å². The van der Waals surface area contributed by atoms with Crippen LogP contribution in [0, 0.1) is 18.6 Å². The Labute approximate surface area is 123 Å².